The molecule has 9 heteroatoms. The summed E-state index contributed by atoms with van der Waals surface area (Å²) in [6.45, 7) is 2.05. The van der Waals surface area contributed by atoms with E-state index in [1.54, 1.807) is 0 Å². The zero-order chi connectivity index (χ0) is 18.5. The van der Waals surface area contributed by atoms with Crippen LogP contribution in [0.2, 0.25) is 5.15 Å². The monoisotopic (exact) mass is 385 g/mol. The quantitative estimate of drug-likeness (QED) is 0.648. The molecule has 2 aliphatic rings. The molecule has 0 spiro atoms. The van der Waals surface area contributed by atoms with Crippen molar-refractivity contribution in [2.75, 3.05) is 19.1 Å². The van der Waals surface area contributed by atoms with E-state index >= 15 is 0 Å². The number of hydrogen-bond acceptors (Lipinski definition) is 7. The second kappa shape index (κ2) is 6.11. The van der Waals surface area contributed by atoms with Crippen molar-refractivity contribution in [1.29, 1.82) is 0 Å². The summed E-state index contributed by atoms with van der Waals surface area (Å²) in [6, 6.07) is 5.75. The first-order chi connectivity index (χ1) is 13.1. The van der Waals surface area contributed by atoms with Gasteiger partial charge in [-0.3, -0.25) is 14.7 Å². The van der Waals surface area contributed by atoms with Crippen LogP contribution in [-0.4, -0.2) is 33.2 Å². The molecule has 1 aromatic carbocycles. The predicted octanol–water partition coefficient (Wildman–Crippen LogP) is 1.84. The first kappa shape index (κ1) is 16.3. The Balaban J connectivity index is 1.45. The van der Waals surface area contributed by atoms with Gasteiger partial charge in [0.05, 0.1) is 16.8 Å². The van der Waals surface area contributed by atoms with E-state index in [0.29, 0.717) is 41.7 Å². The number of aromatic amines is 1. The Morgan fingerprint density at radius 1 is 1.22 bits per heavy atom. The van der Waals surface area contributed by atoms with Gasteiger partial charge in [-0.1, -0.05) is 11.6 Å². The number of nitrogens with two attached hydrogens (primary N) is 1. The Bertz CT molecular complexity index is 1130. The number of pyridine rings is 1. The van der Waals surface area contributed by atoms with Crippen LogP contribution in [0.15, 0.2) is 23.0 Å². The summed E-state index contributed by atoms with van der Waals surface area (Å²) in [6.07, 6.45) is 0.667. The average molecular weight is 386 g/mol. The largest absolute Gasteiger partial charge is 0.454 e. The third kappa shape index (κ3) is 2.87. The van der Waals surface area contributed by atoms with E-state index in [0.717, 1.165) is 28.7 Å². The highest BCUT2D eigenvalue weighted by Gasteiger charge is 2.22. The number of hydrogen-bond donors (Lipinski definition) is 2. The number of fused-ring (bicyclic) bond motifs is 3. The molecule has 27 heavy (non-hydrogen) atoms. The zero-order valence-corrected chi connectivity index (χ0v) is 15.0. The first-order valence-corrected chi connectivity index (χ1v) is 8.93. The van der Waals surface area contributed by atoms with E-state index in [-0.39, 0.29) is 18.3 Å². The zero-order valence-electron chi connectivity index (χ0n) is 14.3. The molecule has 0 unspecified atom stereocenters. The summed E-state index contributed by atoms with van der Waals surface area (Å²) in [5, 5.41) is 1.37. The Morgan fingerprint density at radius 3 is 2.89 bits per heavy atom. The molecule has 0 bridgehead atoms. The number of rotatable bonds is 2. The van der Waals surface area contributed by atoms with Gasteiger partial charge >= 0.3 is 0 Å². The first-order valence-electron chi connectivity index (χ1n) is 8.55. The highest BCUT2D eigenvalue weighted by Crippen LogP contribution is 2.36. The fourth-order valence-corrected chi connectivity index (χ4v) is 3.78. The molecule has 0 saturated heterocycles. The smallest absolute Gasteiger partial charge is 0.257 e. The number of ether oxygens (including phenoxy) is 2. The Labute approximate surface area is 158 Å². The van der Waals surface area contributed by atoms with Crippen molar-refractivity contribution in [3.8, 4) is 11.5 Å². The molecule has 0 amide bonds. The molecule has 4 heterocycles. The molecule has 0 aliphatic carbocycles. The van der Waals surface area contributed by atoms with Crippen LogP contribution in [0, 0.1) is 0 Å². The number of nitrogens with zero attached hydrogens (tertiary/aromatic N) is 3. The van der Waals surface area contributed by atoms with E-state index in [9.17, 15) is 4.79 Å². The van der Waals surface area contributed by atoms with Crippen molar-refractivity contribution < 1.29 is 9.47 Å². The maximum atomic E-state index is 12.2. The summed E-state index contributed by atoms with van der Waals surface area (Å²) >= 11 is 6.42. The molecular weight excluding hydrogens is 370 g/mol. The molecule has 5 rings (SSSR count). The van der Waals surface area contributed by atoms with Crippen molar-refractivity contribution in [3.05, 3.63) is 50.5 Å². The minimum atomic E-state index is -0.183. The van der Waals surface area contributed by atoms with Gasteiger partial charge in [-0.05, 0) is 12.1 Å². The highest BCUT2D eigenvalue weighted by molar-refractivity contribution is 6.30. The highest BCUT2D eigenvalue weighted by atomic mass is 35.5. The number of aromatic nitrogens is 3. The number of benzene rings is 1. The molecule has 2 aromatic heterocycles. The summed E-state index contributed by atoms with van der Waals surface area (Å²) in [7, 11) is 0. The van der Waals surface area contributed by atoms with Crippen molar-refractivity contribution in [2.45, 2.75) is 19.5 Å². The van der Waals surface area contributed by atoms with E-state index < -0.39 is 0 Å². The minimum absolute atomic E-state index is 0.160. The van der Waals surface area contributed by atoms with Gasteiger partial charge in [-0.15, -0.1) is 0 Å². The fraction of sp³-hybridized carbons (Fsp3) is 0.278. The predicted molar refractivity (Wildman–Crippen MR) is 100.0 cm³/mol. The molecule has 2 aliphatic heterocycles. The second-order valence-corrected chi connectivity index (χ2v) is 7.03. The molecule has 138 valence electrons. The van der Waals surface area contributed by atoms with Crippen LogP contribution >= 0.6 is 11.6 Å². The molecule has 0 radical (unpaired) electrons. The molecule has 0 saturated carbocycles. The van der Waals surface area contributed by atoms with Gasteiger partial charge < -0.3 is 15.2 Å². The molecular formula is C18H16ClN5O3. The third-order valence-electron chi connectivity index (χ3n) is 4.90. The van der Waals surface area contributed by atoms with Gasteiger partial charge in [0.1, 0.15) is 5.15 Å². The lowest BCUT2D eigenvalue weighted by Crippen LogP contribution is -2.35. The lowest BCUT2D eigenvalue weighted by molar-refractivity contribution is 0.174. The van der Waals surface area contributed by atoms with Gasteiger partial charge in [0, 0.05) is 43.1 Å². The number of halogens is 1. The maximum Gasteiger partial charge on any atom is 0.257 e. The van der Waals surface area contributed by atoms with Gasteiger partial charge in [0.25, 0.3) is 5.56 Å². The number of H-pyrrole nitrogens is 1. The normalized spacial score (nSPS) is 15.9. The average Bonchev–Trinajstić information content (AvgIpc) is 3.08. The maximum absolute atomic E-state index is 12.2. The van der Waals surface area contributed by atoms with Crippen LogP contribution in [0.3, 0.4) is 0 Å². The van der Waals surface area contributed by atoms with Crippen LogP contribution in [-0.2, 0) is 19.5 Å². The van der Waals surface area contributed by atoms with Crippen molar-refractivity contribution in [1.82, 2.24) is 19.9 Å². The SMILES string of the molecule is Nc1nc2c(c(=O)[nH]1)CN(Cc1cc3cc4c(cc3nc1Cl)OCO4)CC2. The summed E-state index contributed by atoms with van der Waals surface area (Å²) < 4.78 is 10.8. The van der Waals surface area contributed by atoms with Crippen LogP contribution < -0.4 is 20.8 Å². The molecule has 3 aromatic rings. The summed E-state index contributed by atoms with van der Waals surface area (Å²) in [5.41, 5.74) is 8.52. The molecule has 0 atom stereocenters. The summed E-state index contributed by atoms with van der Waals surface area (Å²) in [5.74, 6) is 1.55. The van der Waals surface area contributed by atoms with Gasteiger partial charge in [0.2, 0.25) is 12.7 Å². The van der Waals surface area contributed by atoms with Crippen LogP contribution in [0.1, 0.15) is 16.8 Å². The van der Waals surface area contributed by atoms with E-state index in [4.69, 9.17) is 26.8 Å². The van der Waals surface area contributed by atoms with Crippen LogP contribution in [0.5, 0.6) is 11.5 Å². The summed E-state index contributed by atoms with van der Waals surface area (Å²) in [4.78, 5) is 25.6. The number of anilines is 1. The fourth-order valence-electron chi connectivity index (χ4n) is 3.57. The van der Waals surface area contributed by atoms with Gasteiger partial charge in [-0.25, -0.2) is 9.97 Å². The van der Waals surface area contributed by atoms with Gasteiger partial charge in [-0.2, -0.15) is 0 Å². The molecule has 0 fully saturated rings. The Hall–Kier alpha value is -2.84. The lowest BCUT2D eigenvalue weighted by Gasteiger charge is -2.27. The van der Waals surface area contributed by atoms with Crippen molar-refractivity contribution in [3.63, 3.8) is 0 Å². The van der Waals surface area contributed by atoms with Gasteiger partial charge in [0.15, 0.2) is 11.5 Å². The van der Waals surface area contributed by atoms with E-state index in [1.807, 2.05) is 18.2 Å². The second-order valence-electron chi connectivity index (χ2n) is 6.67. The lowest BCUT2D eigenvalue weighted by atomic mass is 10.1. The van der Waals surface area contributed by atoms with E-state index in [2.05, 4.69) is 19.9 Å². The van der Waals surface area contributed by atoms with E-state index in [1.165, 1.54) is 0 Å². The number of nitrogens with one attached hydrogen (secondary N) is 1. The topological polar surface area (TPSA) is 106 Å². The standard InChI is InChI=1S/C18H16ClN5O3/c19-16-10(3-9-4-14-15(27-8-26-14)5-13(9)21-16)6-24-2-1-12-11(7-24)17(25)23-18(20)22-12/h3-5H,1-2,6-8H2,(H3,20,22,23,25). The molecule has 8 nitrogen and oxygen atoms in total. The minimum Gasteiger partial charge on any atom is -0.454 e. The van der Waals surface area contributed by atoms with Crippen molar-refractivity contribution in [2.24, 2.45) is 0 Å². The van der Waals surface area contributed by atoms with Crippen molar-refractivity contribution >= 4 is 28.5 Å². The molecule has 3 N–H and O–H groups in total. The van der Waals surface area contributed by atoms with Crippen LogP contribution in [0.25, 0.3) is 10.9 Å². The van der Waals surface area contributed by atoms with Crippen LogP contribution in [0.4, 0.5) is 5.95 Å². The Kier molecular flexibility index (Phi) is 3.70. The third-order valence-corrected chi connectivity index (χ3v) is 5.22. The number of nitrogen functional groups attached to an aromatic ring is 1. The Morgan fingerprint density at radius 2 is 2.04 bits per heavy atom.